The van der Waals surface area contributed by atoms with Crippen molar-refractivity contribution in [2.45, 2.75) is 19.3 Å². The molecule has 0 radical (unpaired) electrons. The van der Waals surface area contributed by atoms with Crippen LogP contribution in [0.1, 0.15) is 19.3 Å². The molecule has 2 N–H and O–H groups in total. The van der Waals surface area contributed by atoms with E-state index in [2.05, 4.69) is 5.32 Å². The summed E-state index contributed by atoms with van der Waals surface area (Å²) in [6.45, 7) is 1.13. The van der Waals surface area contributed by atoms with E-state index in [1.807, 2.05) is 24.2 Å². The number of carboxylic acid groups (broad SMARTS) is 1. The lowest BCUT2D eigenvalue weighted by Gasteiger charge is -2.19. The van der Waals surface area contributed by atoms with E-state index in [4.69, 9.17) is 5.11 Å². The highest BCUT2D eigenvalue weighted by molar-refractivity contribution is 5.94. The summed E-state index contributed by atoms with van der Waals surface area (Å²) in [6.07, 6.45) is 6.98. The van der Waals surface area contributed by atoms with Gasteiger partial charge in [0, 0.05) is 32.1 Å². The highest BCUT2D eigenvalue weighted by Gasteiger charge is 2.11. The first kappa shape index (κ1) is 13.3. The second kappa shape index (κ2) is 6.73. The highest BCUT2D eigenvalue weighted by atomic mass is 16.4. The van der Waals surface area contributed by atoms with Crippen LogP contribution in [0.15, 0.2) is 23.9 Å². The molecule has 5 nitrogen and oxygen atoms in total. The van der Waals surface area contributed by atoms with Gasteiger partial charge in [0.05, 0.1) is 0 Å². The number of allylic oxidation sites excluding steroid dienone is 2. The number of hydrogen-bond donors (Lipinski definition) is 2. The lowest BCUT2D eigenvalue weighted by atomic mass is 10.1. The lowest BCUT2D eigenvalue weighted by Crippen LogP contribution is -2.31. The third-order valence-corrected chi connectivity index (χ3v) is 2.45. The Labute approximate surface area is 101 Å². The fraction of sp³-hybridized carbons (Fsp3) is 0.500. The molecular formula is C12H18N2O3. The number of hydrogen-bond acceptors (Lipinski definition) is 3. The second-order valence-corrected chi connectivity index (χ2v) is 4.06. The molecule has 0 saturated heterocycles. The standard InChI is InChI=1S/C12H18N2O3/c1-14-8-4-5-10(9-14)12(17)13-7-3-2-6-11(15)16/h4-5,8H,2-3,6-7,9H2,1H3,(H,13,17)(H,15,16). The number of nitrogens with zero attached hydrogens (tertiary/aromatic N) is 1. The van der Waals surface area contributed by atoms with Crippen molar-refractivity contribution in [3.8, 4) is 0 Å². The number of carboxylic acids is 1. The van der Waals surface area contributed by atoms with Crippen molar-refractivity contribution >= 4 is 11.9 Å². The maximum absolute atomic E-state index is 11.7. The Balaban J connectivity index is 2.19. The summed E-state index contributed by atoms with van der Waals surface area (Å²) in [6, 6.07) is 0. The molecule has 0 atom stereocenters. The van der Waals surface area contributed by atoms with Crippen LogP contribution in [-0.2, 0) is 9.59 Å². The molecule has 1 aliphatic heterocycles. The van der Waals surface area contributed by atoms with Gasteiger partial charge in [-0.15, -0.1) is 0 Å². The first-order valence-electron chi connectivity index (χ1n) is 5.67. The topological polar surface area (TPSA) is 69.6 Å². The number of amides is 1. The van der Waals surface area contributed by atoms with Crippen LogP contribution in [0.3, 0.4) is 0 Å². The Morgan fingerprint density at radius 1 is 1.47 bits per heavy atom. The van der Waals surface area contributed by atoms with Gasteiger partial charge >= 0.3 is 5.97 Å². The van der Waals surface area contributed by atoms with E-state index in [1.165, 1.54) is 0 Å². The first-order valence-corrected chi connectivity index (χ1v) is 5.67. The molecule has 0 fully saturated rings. The zero-order valence-electron chi connectivity index (χ0n) is 9.98. The molecule has 1 amide bonds. The van der Waals surface area contributed by atoms with Gasteiger partial charge in [-0.3, -0.25) is 9.59 Å². The molecule has 1 rings (SSSR count). The Kier molecular flexibility index (Phi) is 5.26. The predicted octanol–water partition coefficient (Wildman–Crippen LogP) is 0.743. The average Bonchev–Trinajstić information content (AvgIpc) is 2.28. The van der Waals surface area contributed by atoms with Crippen LogP contribution in [0.2, 0.25) is 0 Å². The summed E-state index contributed by atoms with van der Waals surface area (Å²) >= 11 is 0. The molecule has 0 aromatic heterocycles. The number of likely N-dealkylation sites (N-methyl/N-ethyl adjacent to an activating group) is 1. The Morgan fingerprint density at radius 3 is 2.88 bits per heavy atom. The van der Waals surface area contributed by atoms with E-state index in [0.717, 1.165) is 5.57 Å². The summed E-state index contributed by atoms with van der Waals surface area (Å²) in [5, 5.41) is 11.2. The Bertz CT molecular complexity index is 348. The Morgan fingerprint density at radius 2 is 2.24 bits per heavy atom. The molecule has 0 unspecified atom stereocenters. The van der Waals surface area contributed by atoms with Crippen molar-refractivity contribution in [3.05, 3.63) is 23.9 Å². The van der Waals surface area contributed by atoms with Crippen LogP contribution >= 0.6 is 0 Å². The summed E-state index contributed by atoms with van der Waals surface area (Å²) in [7, 11) is 1.91. The van der Waals surface area contributed by atoms with Crippen LogP contribution in [-0.4, -0.2) is 42.0 Å². The quantitative estimate of drug-likeness (QED) is 0.670. The zero-order valence-corrected chi connectivity index (χ0v) is 9.98. The van der Waals surface area contributed by atoms with Gasteiger partial charge in [0.2, 0.25) is 5.91 Å². The van der Waals surface area contributed by atoms with Gasteiger partial charge < -0.3 is 15.3 Å². The lowest BCUT2D eigenvalue weighted by molar-refractivity contribution is -0.137. The fourth-order valence-corrected chi connectivity index (χ4v) is 1.54. The summed E-state index contributed by atoms with van der Waals surface area (Å²) in [4.78, 5) is 23.9. The Hall–Kier alpha value is -1.78. The molecule has 1 aliphatic rings. The van der Waals surface area contributed by atoms with Gasteiger partial charge in [-0.05, 0) is 25.1 Å². The minimum Gasteiger partial charge on any atom is -0.481 e. The minimum absolute atomic E-state index is 0.0727. The predicted molar refractivity (Wildman–Crippen MR) is 64.3 cm³/mol. The zero-order chi connectivity index (χ0) is 12.7. The molecule has 17 heavy (non-hydrogen) atoms. The normalized spacial score (nSPS) is 14.4. The summed E-state index contributed by atoms with van der Waals surface area (Å²) in [5.74, 6) is -0.866. The van der Waals surface area contributed by atoms with Gasteiger partial charge in [-0.25, -0.2) is 0 Å². The van der Waals surface area contributed by atoms with Crippen molar-refractivity contribution in [2.75, 3.05) is 20.1 Å². The third-order valence-electron chi connectivity index (χ3n) is 2.45. The molecule has 1 heterocycles. The van der Waals surface area contributed by atoms with Crippen LogP contribution in [0.5, 0.6) is 0 Å². The molecule has 0 aliphatic carbocycles. The number of carbonyl (C=O) groups excluding carboxylic acids is 1. The van der Waals surface area contributed by atoms with E-state index in [0.29, 0.717) is 25.9 Å². The number of aliphatic carboxylic acids is 1. The number of nitrogens with one attached hydrogen (secondary N) is 1. The van der Waals surface area contributed by atoms with Crippen molar-refractivity contribution in [3.63, 3.8) is 0 Å². The van der Waals surface area contributed by atoms with Gasteiger partial charge in [0.15, 0.2) is 0 Å². The van der Waals surface area contributed by atoms with E-state index < -0.39 is 5.97 Å². The average molecular weight is 238 g/mol. The van der Waals surface area contributed by atoms with Crippen LogP contribution < -0.4 is 5.32 Å². The van der Waals surface area contributed by atoms with E-state index >= 15 is 0 Å². The van der Waals surface area contributed by atoms with Crippen molar-refractivity contribution in [1.82, 2.24) is 10.2 Å². The molecule has 94 valence electrons. The molecule has 0 spiro atoms. The maximum Gasteiger partial charge on any atom is 0.303 e. The minimum atomic E-state index is -0.793. The van der Waals surface area contributed by atoms with Gasteiger partial charge in [-0.1, -0.05) is 6.08 Å². The van der Waals surface area contributed by atoms with Crippen molar-refractivity contribution < 1.29 is 14.7 Å². The SMILES string of the molecule is CN1C=CC=C(C(=O)NCCCCC(=O)O)C1. The van der Waals surface area contributed by atoms with Gasteiger partial charge in [0.1, 0.15) is 0 Å². The highest BCUT2D eigenvalue weighted by Crippen LogP contribution is 2.05. The number of rotatable bonds is 6. The smallest absolute Gasteiger partial charge is 0.303 e. The summed E-state index contributed by atoms with van der Waals surface area (Å²) < 4.78 is 0. The largest absolute Gasteiger partial charge is 0.481 e. The van der Waals surface area contributed by atoms with Crippen molar-refractivity contribution in [1.29, 1.82) is 0 Å². The van der Waals surface area contributed by atoms with Gasteiger partial charge in [0.25, 0.3) is 0 Å². The molecule has 0 bridgehead atoms. The van der Waals surface area contributed by atoms with E-state index in [1.54, 1.807) is 6.08 Å². The van der Waals surface area contributed by atoms with Crippen LogP contribution in [0.4, 0.5) is 0 Å². The van der Waals surface area contributed by atoms with Crippen LogP contribution in [0, 0.1) is 0 Å². The first-order chi connectivity index (χ1) is 8.09. The van der Waals surface area contributed by atoms with E-state index in [-0.39, 0.29) is 12.3 Å². The van der Waals surface area contributed by atoms with Crippen molar-refractivity contribution in [2.24, 2.45) is 0 Å². The van der Waals surface area contributed by atoms with E-state index in [9.17, 15) is 9.59 Å². The second-order valence-electron chi connectivity index (χ2n) is 4.06. The molecular weight excluding hydrogens is 220 g/mol. The molecule has 0 aromatic carbocycles. The summed E-state index contributed by atoms with van der Waals surface area (Å²) in [5.41, 5.74) is 0.730. The van der Waals surface area contributed by atoms with Gasteiger partial charge in [-0.2, -0.15) is 0 Å². The monoisotopic (exact) mass is 238 g/mol. The molecule has 0 aromatic rings. The van der Waals surface area contributed by atoms with Crippen LogP contribution in [0.25, 0.3) is 0 Å². The number of unbranched alkanes of at least 4 members (excludes halogenated alkanes) is 1. The number of carbonyl (C=O) groups is 2. The molecule has 5 heteroatoms. The maximum atomic E-state index is 11.7. The fourth-order valence-electron chi connectivity index (χ4n) is 1.54. The molecule has 0 saturated carbocycles. The third kappa shape index (κ3) is 5.19.